The van der Waals surface area contributed by atoms with Gasteiger partial charge in [0, 0.05) is 6.04 Å². The van der Waals surface area contributed by atoms with Crippen LogP contribution in [0.3, 0.4) is 0 Å². The minimum absolute atomic E-state index is 0.0437. The number of carboxylic acid groups (broad SMARTS) is 1. The lowest BCUT2D eigenvalue weighted by molar-refractivity contribution is -0.137. The van der Waals surface area contributed by atoms with Crippen molar-refractivity contribution in [1.29, 1.82) is 0 Å². The third-order valence-electron chi connectivity index (χ3n) is 2.47. The molecule has 0 aromatic carbocycles. The van der Waals surface area contributed by atoms with E-state index < -0.39 is 22.0 Å². The van der Waals surface area contributed by atoms with E-state index in [1.165, 1.54) is 0 Å². The van der Waals surface area contributed by atoms with Crippen LogP contribution >= 0.6 is 0 Å². The molecule has 1 atom stereocenters. The number of nitrogens with one attached hydrogen (secondary N) is 1. The number of carboxylic acids is 1. The van der Waals surface area contributed by atoms with E-state index in [0.29, 0.717) is 0 Å². The minimum atomic E-state index is -3.34. The highest BCUT2D eigenvalue weighted by Crippen LogP contribution is 2.34. The monoisotopic (exact) mass is 249 g/mol. The van der Waals surface area contributed by atoms with Gasteiger partial charge < -0.3 is 5.11 Å². The van der Waals surface area contributed by atoms with E-state index >= 15 is 0 Å². The van der Waals surface area contributed by atoms with Gasteiger partial charge in [-0.1, -0.05) is 13.8 Å². The van der Waals surface area contributed by atoms with E-state index in [-0.39, 0.29) is 24.0 Å². The van der Waals surface area contributed by atoms with E-state index in [1.54, 1.807) is 0 Å². The Kier molecular flexibility index (Phi) is 4.32. The summed E-state index contributed by atoms with van der Waals surface area (Å²) >= 11 is 0. The third kappa shape index (κ3) is 4.94. The number of sulfonamides is 1. The van der Waals surface area contributed by atoms with E-state index in [0.717, 1.165) is 12.8 Å². The van der Waals surface area contributed by atoms with Crippen LogP contribution in [0.15, 0.2) is 0 Å². The Morgan fingerprint density at radius 3 is 2.38 bits per heavy atom. The zero-order valence-corrected chi connectivity index (χ0v) is 10.5. The summed E-state index contributed by atoms with van der Waals surface area (Å²) in [6, 6.07) is -0.429. The van der Waals surface area contributed by atoms with Gasteiger partial charge in [0.2, 0.25) is 10.0 Å². The number of rotatable bonds is 7. The molecule has 0 bridgehead atoms. The van der Waals surface area contributed by atoms with E-state index in [1.807, 2.05) is 13.8 Å². The van der Waals surface area contributed by atoms with E-state index in [9.17, 15) is 13.2 Å². The maximum atomic E-state index is 11.7. The molecule has 0 saturated heterocycles. The molecule has 1 rings (SSSR count). The molecule has 16 heavy (non-hydrogen) atoms. The molecule has 0 aromatic heterocycles. The summed E-state index contributed by atoms with van der Waals surface area (Å²) < 4.78 is 25.8. The highest BCUT2D eigenvalue weighted by Gasteiger charge is 2.35. The summed E-state index contributed by atoms with van der Waals surface area (Å²) in [5.41, 5.74) is 0. The molecule has 1 aliphatic carbocycles. The molecule has 0 radical (unpaired) electrons. The van der Waals surface area contributed by atoms with Gasteiger partial charge in [0.1, 0.15) is 0 Å². The van der Waals surface area contributed by atoms with Crippen LogP contribution in [0.2, 0.25) is 0 Å². The molecule has 1 unspecified atom stereocenters. The van der Waals surface area contributed by atoms with Crippen LogP contribution in [-0.4, -0.2) is 31.3 Å². The fourth-order valence-electron chi connectivity index (χ4n) is 1.71. The van der Waals surface area contributed by atoms with Gasteiger partial charge in [-0.15, -0.1) is 0 Å². The van der Waals surface area contributed by atoms with Crippen molar-refractivity contribution >= 4 is 16.0 Å². The predicted octanol–water partition coefficient (Wildman–Crippen LogP) is 0.815. The van der Waals surface area contributed by atoms with Crippen LogP contribution in [0.1, 0.15) is 33.1 Å². The first-order valence-corrected chi connectivity index (χ1v) is 7.17. The molecular weight excluding hydrogens is 230 g/mol. The summed E-state index contributed by atoms with van der Waals surface area (Å²) in [5.74, 6) is -0.653. The molecule has 0 amide bonds. The van der Waals surface area contributed by atoms with Gasteiger partial charge in [0.25, 0.3) is 0 Å². The highest BCUT2D eigenvalue weighted by atomic mass is 32.2. The zero-order chi connectivity index (χ0) is 12.3. The first-order valence-electron chi connectivity index (χ1n) is 5.52. The third-order valence-corrected chi connectivity index (χ3v) is 4.24. The Balaban J connectivity index is 2.57. The molecular formula is C10H19NO4S. The van der Waals surface area contributed by atoms with Gasteiger partial charge in [-0.05, 0) is 24.7 Å². The van der Waals surface area contributed by atoms with Crippen molar-refractivity contribution in [3.05, 3.63) is 0 Å². The minimum Gasteiger partial charge on any atom is -0.481 e. The van der Waals surface area contributed by atoms with Crippen molar-refractivity contribution in [3.63, 3.8) is 0 Å². The summed E-state index contributed by atoms with van der Waals surface area (Å²) in [6.45, 7) is 3.64. The van der Waals surface area contributed by atoms with Gasteiger partial charge in [-0.3, -0.25) is 4.79 Å². The van der Waals surface area contributed by atoms with Crippen LogP contribution in [0, 0.1) is 11.8 Å². The maximum Gasteiger partial charge on any atom is 0.304 e. The second-order valence-corrected chi connectivity index (χ2v) is 6.63. The molecule has 1 saturated carbocycles. The summed E-state index contributed by atoms with van der Waals surface area (Å²) in [7, 11) is -3.34. The maximum absolute atomic E-state index is 11.7. The largest absolute Gasteiger partial charge is 0.481 e. The molecule has 0 heterocycles. The lowest BCUT2D eigenvalue weighted by atomic mass is 10.1. The zero-order valence-electron chi connectivity index (χ0n) is 9.64. The van der Waals surface area contributed by atoms with Crippen LogP contribution in [0.5, 0.6) is 0 Å². The molecule has 0 aromatic rings. The summed E-state index contributed by atoms with van der Waals surface area (Å²) in [6.07, 6.45) is 1.71. The molecule has 0 spiro atoms. The van der Waals surface area contributed by atoms with Crippen molar-refractivity contribution in [1.82, 2.24) is 4.72 Å². The van der Waals surface area contributed by atoms with Crippen molar-refractivity contribution in [2.45, 2.75) is 39.2 Å². The Hall–Kier alpha value is -0.620. The van der Waals surface area contributed by atoms with Crippen molar-refractivity contribution in [2.75, 3.05) is 5.75 Å². The van der Waals surface area contributed by atoms with E-state index in [4.69, 9.17) is 5.11 Å². The number of carbonyl (C=O) groups is 1. The first-order chi connectivity index (χ1) is 7.30. The lowest BCUT2D eigenvalue weighted by Crippen LogP contribution is -2.40. The van der Waals surface area contributed by atoms with Gasteiger partial charge in [-0.2, -0.15) is 0 Å². The molecule has 94 valence electrons. The molecule has 5 nitrogen and oxygen atoms in total. The lowest BCUT2D eigenvalue weighted by Gasteiger charge is -2.17. The van der Waals surface area contributed by atoms with Crippen molar-refractivity contribution < 1.29 is 18.3 Å². The average molecular weight is 249 g/mol. The standard InChI is InChI=1S/C10H19NO4S/c1-7(2)6-16(14,15)11-9(5-10(12)13)8-3-4-8/h7-9,11H,3-6H2,1-2H3,(H,12,13). The molecule has 1 fully saturated rings. The predicted molar refractivity (Wildman–Crippen MR) is 60.5 cm³/mol. The topological polar surface area (TPSA) is 83.5 Å². The summed E-state index contributed by atoms with van der Waals surface area (Å²) in [4.78, 5) is 10.6. The number of hydrogen-bond acceptors (Lipinski definition) is 3. The summed E-state index contributed by atoms with van der Waals surface area (Å²) in [5, 5.41) is 8.70. The van der Waals surface area contributed by atoms with Crippen LogP contribution in [0.25, 0.3) is 0 Å². The average Bonchev–Trinajstić information content (AvgIpc) is 2.79. The Bertz CT molecular complexity index is 346. The van der Waals surface area contributed by atoms with Gasteiger partial charge in [0.15, 0.2) is 0 Å². The van der Waals surface area contributed by atoms with E-state index in [2.05, 4.69) is 4.72 Å². The molecule has 0 aliphatic heterocycles. The molecule has 2 N–H and O–H groups in total. The second kappa shape index (κ2) is 5.14. The SMILES string of the molecule is CC(C)CS(=O)(=O)NC(CC(=O)O)C1CC1. The second-order valence-electron chi connectivity index (χ2n) is 4.83. The van der Waals surface area contributed by atoms with Crippen molar-refractivity contribution in [2.24, 2.45) is 11.8 Å². The number of hydrogen-bond donors (Lipinski definition) is 2. The smallest absolute Gasteiger partial charge is 0.304 e. The van der Waals surface area contributed by atoms with Gasteiger partial charge in [0.05, 0.1) is 12.2 Å². The van der Waals surface area contributed by atoms with Crippen LogP contribution in [-0.2, 0) is 14.8 Å². The number of aliphatic carboxylic acids is 1. The van der Waals surface area contributed by atoms with Crippen LogP contribution < -0.4 is 4.72 Å². The van der Waals surface area contributed by atoms with Crippen LogP contribution in [0.4, 0.5) is 0 Å². The highest BCUT2D eigenvalue weighted by molar-refractivity contribution is 7.89. The quantitative estimate of drug-likeness (QED) is 0.699. The van der Waals surface area contributed by atoms with Gasteiger partial charge in [-0.25, -0.2) is 13.1 Å². The Labute approximate surface area is 96.3 Å². The fourth-order valence-corrected chi connectivity index (χ4v) is 3.42. The Morgan fingerprint density at radius 2 is 2.00 bits per heavy atom. The Morgan fingerprint density at radius 1 is 1.44 bits per heavy atom. The first kappa shape index (κ1) is 13.4. The molecule has 6 heteroatoms. The van der Waals surface area contributed by atoms with Gasteiger partial charge >= 0.3 is 5.97 Å². The van der Waals surface area contributed by atoms with Crippen molar-refractivity contribution in [3.8, 4) is 0 Å². The normalized spacial score (nSPS) is 18.7. The molecule has 1 aliphatic rings. The fraction of sp³-hybridized carbons (Fsp3) is 0.900.